The van der Waals surface area contributed by atoms with Crippen LogP contribution in [-0.2, 0) is 11.3 Å². The van der Waals surface area contributed by atoms with Crippen molar-refractivity contribution in [3.8, 4) is 0 Å². The van der Waals surface area contributed by atoms with Crippen molar-refractivity contribution in [1.29, 1.82) is 0 Å². The summed E-state index contributed by atoms with van der Waals surface area (Å²) in [5, 5.41) is 14.2. The third kappa shape index (κ3) is 3.89. The number of pyridine rings is 1. The van der Waals surface area contributed by atoms with Gasteiger partial charge in [0.05, 0.1) is 11.7 Å². The number of carbonyl (C=O) groups excluding carboxylic acids is 1. The molecule has 7 nitrogen and oxygen atoms in total. The first-order chi connectivity index (χ1) is 11.2. The van der Waals surface area contributed by atoms with Crippen LogP contribution < -0.4 is 5.32 Å². The van der Waals surface area contributed by atoms with Crippen molar-refractivity contribution >= 4 is 17.5 Å². The Morgan fingerprint density at radius 1 is 1.26 bits per heavy atom. The summed E-state index contributed by atoms with van der Waals surface area (Å²) in [6.45, 7) is 0.0247. The first-order valence-electron chi connectivity index (χ1n) is 6.89. The number of nitrogens with zero attached hydrogens (tertiary/aromatic N) is 5. The largest absolute Gasteiger partial charge is 0.342 e. The molecule has 3 rings (SSSR count). The molecule has 0 aliphatic rings. The van der Waals surface area contributed by atoms with E-state index in [4.69, 9.17) is 11.6 Å². The molecule has 1 aromatic carbocycles. The molecule has 8 heteroatoms. The van der Waals surface area contributed by atoms with E-state index >= 15 is 0 Å². The predicted octanol–water partition coefficient (Wildman–Crippen LogP) is 1.63. The minimum Gasteiger partial charge on any atom is -0.342 e. The summed E-state index contributed by atoms with van der Waals surface area (Å²) in [7, 11) is 0. The number of hydrogen-bond acceptors (Lipinski definition) is 5. The summed E-state index contributed by atoms with van der Waals surface area (Å²) in [5.74, 6) is -0.229. The number of rotatable bonds is 5. The third-order valence-electron chi connectivity index (χ3n) is 3.17. The Labute approximate surface area is 137 Å². The van der Waals surface area contributed by atoms with Gasteiger partial charge in [-0.25, -0.2) is 4.68 Å². The molecule has 0 spiro atoms. The Balaban J connectivity index is 1.85. The number of nitrogens with one attached hydrogen (secondary N) is 1. The first-order valence-corrected chi connectivity index (χ1v) is 7.27. The Morgan fingerprint density at radius 2 is 2.17 bits per heavy atom. The molecule has 0 fully saturated rings. The molecule has 0 radical (unpaired) electrons. The lowest BCUT2D eigenvalue weighted by molar-refractivity contribution is -0.122. The van der Waals surface area contributed by atoms with Gasteiger partial charge in [-0.05, 0) is 40.3 Å². The molecule has 1 N–H and O–H groups in total. The SMILES string of the molecule is O=C(Cn1cnnn1)N[C@@H](c1cccc(Cl)c1)c1ccccn1. The van der Waals surface area contributed by atoms with Crippen LogP contribution in [0.4, 0.5) is 0 Å². The van der Waals surface area contributed by atoms with Crippen molar-refractivity contribution < 1.29 is 4.79 Å². The van der Waals surface area contributed by atoms with Crippen LogP contribution in [0.5, 0.6) is 0 Å². The smallest absolute Gasteiger partial charge is 0.242 e. The molecule has 1 amide bonds. The number of halogens is 1. The normalized spacial score (nSPS) is 11.9. The summed E-state index contributed by atoms with van der Waals surface area (Å²) >= 11 is 6.06. The Morgan fingerprint density at radius 3 is 2.87 bits per heavy atom. The van der Waals surface area contributed by atoms with Gasteiger partial charge < -0.3 is 5.32 Å². The van der Waals surface area contributed by atoms with Crippen LogP contribution in [0.25, 0.3) is 0 Å². The molecular weight excluding hydrogens is 316 g/mol. The van der Waals surface area contributed by atoms with Gasteiger partial charge in [0.1, 0.15) is 12.9 Å². The maximum atomic E-state index is 12.3. The highest BCUT2D eigenvalue weighted by molar-refractivity contribution is 6.30. The second kappa shape index (κ2) is 6.97. The molecule has 0 aliphatic heterocycles. The summed E-state index contributed by atoms with van der Waals surface area (Å²) in [6.07, 6.45) is 3.06. The summed E-state index contributed by atoms with van der Waals surface area (Å²) in [5.41, 5.74) is 1.57. The van der Waals surface area contributed by atoms with Crippen LogP contribution in [0, 0.1) is 0 Å². The molecule has 0 saturated carbocycles. The second-order valence-corrected chi connectivity index (χ2v) is 5.25. The van der Waals surface area contributed by atoms with Crippen LogP contribution in [-0.4, -0.2) is 31.1 Å². The minimum absolute atomic E-state index is 0.0247. The van der Waals surface area contributed by atoms with Gasteiger partial charge in [-0.2, -0.15) is 0 Å². The predicted molar refractivity (Wildman–Crippen MR) is 83.5 cm³/mol. The molecule has 116 valence electrons. The van der Waals surface area contributed by atoms with Gasteiger partial charge in [0.15, 0.2) is 0 Å². The Bertz CT molecular complexity index is 778. The van der Waals surface area contributed by atoms with Gasteiger partial charge in [0, 0.05) is 11.2 Å². The third-order valence-corrected chi connectivity index (χ3v) is 3.40. The molecule has 0 aliphatic carbocycles. The molecule has 0 unspecified atom stereocenters. The highest BCUT2D eigenvalue weighted by Gasteiger charge is 2.18. The fourth-order valence-corrected chi connectivity index (χ4v) is 2.37. The van der Waals surface area contributed by atoms with E-state index < -0.39 is 6.04 Å². The lowest BCUT2D eigenvalue weighted by Gasteiger charge is -2.19. The van der Waals surface area contributed by atoms with E-state index in [9.17, 15) is 4.79 Å². The quantitative estimate of drug-likeness (QED) is 0.769. The van der Waals surface area contributed by atoms with Crippen LogP contribution >= 0.6 is 11.6 Å². The van der Waals surface area contributed by atoms with Crippen molar-refractivity contribution in [1.82, 2.24) is 30.5 Å². The van der Waals surface area contributed by atoms with E-state index in [1.165, 1.54) is 11.0 Å². The topological polar surface area (TPSA) is 85.6 Å². The monoisotopic (exact) mass is 328 g/mol. The lowest BCUT2D eigenvalue weighted by Crippen LogP contribution is -2.32. The van der Waals surface area contributed by atoms with Gasteiger partial charge >= 0.3 is 0 Å². The van der Waals surface area contributed by atoms with Crippen LogP contribution in [0.15, 0.2) is 55.0 Å². The van der Waals surface area contributed by atoms with Crippen molar-refractivity contribution in [2.75, 3.05) is 0 Å². The van der Waals surface area contributed by atoms with Gasteiger partial charge in [-0.1, -0.05) is 29.8 Å². The van der Waals surface area contributed by atoms with Crippen LogP contribution in [0.3, 0.4) is 0 Å². The fourth-order valence-electron chi connectivity index (χ4n) is 2.17. The molecule has 1 atom stereocenters. The minimum atomic E-state index is -0.404. The van der Waals surface area contributed by atoms with E-state index in [0.29, 0.717) is 5.02 Å². The van der Waals surface area contributed by atoms with E-state index in [1.54, 1.807) is 18.3 Å². The van der Waals surface area contributed by atoms with E-state index in [2.05, 4.69) is 25.8 Å². The van der Waals surface area contributed by atoms with Crippen molar-refractivity contribution in [3.63, 3.8) is 0 Å². The molecular formula is C15H13ClN6O. The molecule has 0 bridgehead atoms. The van der Waals surface area contributed by atoms with Gasteiger partial charge in [0.25, 0.3) is 0 Å². The molecule has 0 saturated heterocycles. The number of aromatic nitrogens is 5. The van der Waals surface area contributed by atoms with Crippen molar-refractivity contribution in [2.24, 2.45) is 0 Å². The summed E-state index contributed by atoms with van der Waals surface area (Å²) in [4.78, 5) is 16.6. The average Bonchev–Trinajstić information content (AvgIpc) is 3.06. The number of carbonyl (C=O) groups is 1. The van der Waals surface area contributed by atoms with Crippen molar-refractivity contribution in [3.05, 3.63) is 71.3 Å². The fraction of sp³-hybridized carbons (Fsp3) is 0.133. The zero-order valence-corrected chi connectivity index (χ0v) is 12.8. The van der Waals surface area contributed by atoms with Gasteiger partial charge in [-0.3, -0.25) is 9.78 Å². The highest BCUT2D eigenvalue weighted by atomic mass is 35.5. The Kier molecular flexibility index (Phi) is 4.58. The first kappa shape index (κ1) is 15.1. The summed E-state index contributed by atoms with van der Waals surface area (Å²) < 4.78 is 1.35. The number of benzene rings is 1. The van der Waals surface area contributed by atoms with Crippen LogP contribution in [0.1, 0.15) is 17.3 Å². The molecule has 2 aromatic heterocycles. The van der Waals surface area contributed by atoms with Gasteiger partial charge in [-0.15, -0.1) is 5.10 Å². The standard InChI is InChI=1S/C15H13ClN6O/c16-12-5-3-4-11(8-12)15(13-6-1-2-7-17-13)19-14(23)9-22-10-18-20-21-22/h1-8,10,15H,9H2,(H,19,23)/t15-/m0/s1. The molecule has 23 heavy (non-hydrogen) atoms. The zero-order valence-electron chi connectivity index (χ0n) is 12.0. The number of amides is 1. The number of hydrogen-bond donors (Lipinski definition) is 1. The summed E-state index contributed by atoms with van der Waals surface area (Å²) in [6, 6.07) is 12.4. The Hall–Kier alpha value is -2.80. The second-order valence-electron chi connectivity index (χ2n) is 4.82. The lowest BCUT2D eigenvalue weighted by atomic mass is 10.0. The zero-order chi connectivity index (χ0) is 16.1. The van der Waals surface area contributed by atoms with Crippen LogP contribution in [0.2, 0.25) is 5.02 Å². The highest BCUT2D eigenvalue weighted by Crippen LogP contribution is 2.23. The van der Waals surface area contributed by atoms with E-state index in [-0.39, 0.29) is 12.5 Å². The van der Waals surface area contributed by atoms with Gasteiger partial charge in [0.2, 0.25) is 5.91 Å². The van der Waals surface area contributed by atoms with E-state index in [0.717, 1.165) is 11.3 Å². The van der Waals surface area contributed by atoms with Crippen molar-refractivity contribution in [2.45, 2.75) is 12.6 Å². The maximum absolute atomic E-state index is 12.3. The molecule has 2 heterocycles. The number of tetrazole rings is 1. The maximum Gasteiger partial charge on any atom is 0.242 e. The van der Waals surface area contributed by atoms with E-state index in [1.807, 2.05) is 30.3 Å². The average molecular weight is 329 g/mol. The molecule has 3 aromatic rings.